The lowest BCUT2D eigenvalue weighted by Crippen LogP contribution is -1.90. The second-order valence-corrected chi connectivity index (χ2v) is 4.67. The minimum Gasteiger partial charge on any atom is -0.350 e. The van der Waals surface area contributed by atoms with Crippen molar-refractivity contribution in [3.8, 4) is 11.4 Å². The van der Waals surface area contributed by atoms with Gasteiger partial charge in [0.1, 0.15) is 6.33 Å². The van der Waals surface area contributed by atoms with E-state index in [9.17, 15) is 0 Å². The fraction of sp³-hybridized carbons (Fsp3) is 0.0833. The maximum atomic E-state index is 6.03. The van der Waals surface area contributed by atoms with Gasteiger partial charge in [0.25, 0.3) is 0 Å². The zero-order valence-corrected chi connectivity index (χ0v) is 10.9. The zero-order valence-electron chi connectivity index (χ0n) is 9.43. The Balaban J connectivity index is 2.32. The number of halogens is 2. The van der Waals surface area contributed by atoms with E-state index in [1.165, 1.54) is 6.33 Å². The maximum Gasteiger partial charge on any atom is 0.225 e. The van der Waals surface area contributed by atoms with E-state index in [-0.39, 0.29) is 5.28 Å². The summed E-state index contributed by atoms with van der Waals surface area (Å²) < 4.78 is 2.00. The van der Waals surface area contributed by atoms with E-state index >= 15 is 0 Å². The van der Waals surface area contributed by atoms with Crippen LogP contribution >= 0.6 is 23.2 Å². The standard InChI is InChI=1S/C12H8Cl2N4/c1-18-5-9(11-15-6-16-12(14)17-11)8-4-7(13)2-3-10(8)18/h2-6H,1H3. The summed E-state index contributed by atoms with van der Waals surface area (Å²) in [4.78, 5) is 12.0. The Morgan fingerprint density at radius 2 is 2.00 bits per heavy atom. The maximum absolute atomic E-state index is 6.03. The summed E-state index contributed by atoms with van der Waals surface area (Å²) in [6, 6.07) is 5.71. The molecule has 0 radical (unpaired) electrons. The van der Waals surface area contributed by atoms with Gasteiger partial charge in [-0.05, 0) is 29.8 Å². The monoisotopic (exact) mass is 278 g/mol. The Bertz CT molecular complexity index is 736. The third-order valence-corrected chi connectivity index (χ3v) is 3.15. The molecule has 0 atom stereocenters. The number of nitrogens with zero attached hydrogens (tertiary/aromatic N) is 4. The molecule has 0 fully saturated rings. The van der Waals surface area contributed by atoms with Gasteiger partial charge in [0.15, 0.2) is 5.82 Å². The number of hydrogen-bond acceptors (Lipinski definition) is 3. The van der Waals surface area contributed by atoms with Crippen molar-refractivity contribution >= 4 is 34.1 Å². The van der Waals surface area contributed by atoms with Crippen molar-refractivity contribution < 1.29 is 0 Å². The number of fused-ring (bicyclic) bond motifs is 1. The number of hydrogen-bond donors (Lipinski definition) is 0. The highest BCUT2D eigenvalue weighted by Gasteiger charge is 2.11. The Morgan fingerprint density at radius 1 is 1.17 bits per heavy atom. The predicted octanol–water partition coefficient (Wildman–Crippen LogP) is 3.34. The number of benzene rings is 1. The lowest BCUT2D eigenvalue weighted by Gasteiger charge is -1.98. The van der Waals surface area contributed by atoms with Crippen LogP contribution in [0.2, 0.25) is 10.3 Å². The van der Waals surface area contributed by atoms with Gasteiger partial charge in [-0.15, -0.1) is 0 Å². The second-order valence-electron chi connectivity index (χ2n) is 3.89. The van der Waals surface area contributed by atoms with Gasteiger partial charge in [-0.1, -0.05) is 11.6 Å². The molecule has 0 spiro atoms. The molecule has 0 aliphatic rings. The average molecular weight is 279 g/mol. The Morgan fingerprint density at radius 3 is 2.78 bits per heavy atom. The fourth-order valence-electron chi connectivity index (χ4n) is 1.95. The molecule has 4 nitrogen and oxygen atoms in total. The molecular weight excluding hydrogens is 271 g/mol. The molecule has 2 heterocycles. The van der Waals surface area contributed by atoms with E-state index in [1.54, 1.807) is 0 Å². The van der Waals surface area contributed by atoms with Crippen LogP contribution < -0.4 is 0 Å². The van der Waals surface area contributed by atoms with Gasteiger partial charge in [0.2, 0.25) is 5.28 Å². The van der Waals surface area contributed by atoms with E-state index < -0.39 is 0 Å². The topological polar surface area (TPSA) is 43.6 Å². The Kier molecular flexibility index (Phi) is 2.69. The van der Waals surface area contributed by atoms with Crippen LogP contribution in [0.3, 0.4) is 0 Å². The first kappa shape index (κ1) is 11.4. The molecule has 90 valence electrons. The first-order valence-electron chi connectivity index (χ1n) is 5.24. The SMILES string of the molecule is Cn1cc(-c2ncnc(Cl)n2)c2cc(Cl)ccc21. The summed E-state index contributed by atoms with van der Waals surface area (Å²) in [6.45, 7) is 0. The van der Waals surface area contributed by atoms with E-state index in [1.807, 2.05) is 36.0 Å². The van der Waals surface area contributed by atoms with Gasteiger partial charge in [0, 0.05) is 34.7 Å². The lowest BCUT2D eigenvalue weighted by molar-refractivity contribution is 0.966. The molecule has 2 aromatic heterocycles. The van der Waals surface area contributed by atoms with Crippen molar-refractivity contribution in [3.63, 3.8) is 0 Å². The van der Waals surface area contributed by atoms with Crippen LogP contribution in [0, 0.1) is 0 Å². The number of rotatable bonds is 1. The second kappa shape index (κ2) is 4.23. The third kappa shape index (κ3) is 1.83. The summed E-state index contributed by atoms with van der Waals surface area (Å²) in [6.07, 6.45) is 3.35. The minimum absolute atomic E-state index is 0.180. The summed E-state index contributed by atoms with van der Waals surface area (Å²) in [5.41, 5.74) is 1.95. The van der Waals surface area contributed by atoms with E-state index in [0.717, 1.165) is 16.5 Å². The molecule has 0 amide bonds. The van der Waals surface area contributed by atoms with Gasteiger partial charge < -0.3 is 4.57 Å². The van der Waals surface area contributed by atoms with E-state index in [2.05, 4.69) is 15.0 Å². The molecule has 0 aliphatic carbocycles. The Hall–Kier alpha value is -1.65. The molecule has 18 heavy (non-hydrogen) atoms. The molecule has 6 heteroatoms. The number of aryl methyl sites for hydroxylation is 1. The Labute approximate surface area is 113 Å². The first-order chi connectivity index (χ1) is 8.65. The highest BCUT2D eigenvalue weighted by molar-refractivity contribution is 6.31. The smallest absolute Gasteiger partial charge is 0.225 e. The van der Waals surface area contributed by atoms with Crippen LogP contribution in [0.5, 0.6) is 0 Å². The van der Waals surface area contributed by atoms with Crippen molar-refractivity contribution in [2.45, 2.75) is 0 Å². The largest absolute Gasteiger partial charge is 0.350 e. The van der Waals surface area contributed by atoms with Crippen molar-refractivity contribution in [3.05, 3.63) is 41.0 Å². The van der Waals surface area contributed by atoms with E-state index in [4.69, 9.17) is 23.2 Å². The summed E-state index contributed by atoms with van der Waals surface area (Å²) >= 11 is 11.8. The summed E-state index contributed by atoms with van der Waals surface area (Å²) in [5.74, 6) is 0.544. The molecule has 0 saturated heterocycles. The summed E-state index contributed by atoms with van der Waals surface area (Å²) in [5, 5.41) is 1.85. The lowest BCUT2D eigenvalue weighted by atomic mass is 10.1. The molecule has 3 aromatic rings. The van der Waals surface area contributed by atoms with Gasteiger partial charge in [-0.3, -0.25) is 0 Å². The van der Waals surface area contributed by atoms with E-state index in [0.29, 0.717) is 10.8 Å². The van der Waals surface area contributed by atoms with Crippen LogP contribution in [0.1, 0.15) is 0 Å². The molecule has 1 aromatic carbocycles. The van der Waals surface area contributed by atoms with Crippen LogP contribution in [0.25, 0.3) is 22.3 Å². The quantitative estimate of drug-likeness (QED) is 0.686. The molecule has 0 bridgehead atoms. The van der Waals surface area contributed by atoms with Crippen molar-refractivity contribution in [1.82, 2.24) is 19.5 Å². The van der Waals surface area contributed by atoms with Crippen molar-refractivity contribution in [2.24, 2.45) is 7.05 Å². The average Bonchev–Trinajstić information content (AvgIpc) is 2.66. The minimum atomic E-state index is 0.180. The normalized spacial score (nSPS) is 11.1. The van der Waals surface area contributed by atoms with Gasteiger partial charge in [-0.2, -0.15) is 4.98 Å². The first-order valence-corrected chi connectivity index (χ1v) is 6.00. The molecule has 0 saturated carbocycles. The number of aromatic nitrogens is 4. The third-order valence-electron chi connectivity index (χ3n) is 2.73. The van der Waals surface area contributed by atoms with Crippen LogP contribution in [0.4, 0.5) is 0 Å². The van der Waals surface area contributed by atoms with Gasteiger partial charge in [-0.25, -0.2) is 9.97 Å². The van der Waals surface area contributed by atoms with Crippen LogP contribution in [-0.2, 0) is 7.05 Å². The highest BCUT2D eigenvalue weighted by Crippen LogP contribution is 2.30. The van der Waals surface area contributed by atoms with Gasteiger partial charge >= 0.3 is 0 Å². The molecule has 0 unspecified atom stereocenters. The fourth-order valence-corrected chi connectivity index (χ4v) is 2.24. The zero-order chi connectivity index (χ0) is 12.7. The van der Waals surface area contributed by atoms with Gasteiger partial charge in [0.05, 0.1) is 0 Å². The summed E-state index contributed by atoms with van der Waals surface area (Å²) in [7, 11) is 1.96. The molecule has 0 N–H and O–H groups in total. The predicted molar refractivity (Wildman–Crippen MR) is 71.8 cm³/mol. The molecular formula is C12H8Cl2N4. The molecule has 0 aliphatic heterocycles. The van der Waals surface area contributed by atoms with Crippen molar-refractivity contribution in [2.75, 3.05) is 0 Å². The van der Waals surface area contributed by atoms with Crippen molar-refractivity contribution in [1.29, 1.82) is 0 Å². The molecule has 3 rings (SSSR count). The highest BCUT2D eigenvalue weighted by atomic mass is 35.5. The van der Waals surface area contributed by atoms with Crippen LogP contribution in [0.15, 0.2) is 30.7 Å². The van der Waals surface area contributed by atoms with Crippen LogP contribution in [-0.4, -0.2) is 19.5 Å².